The molecule has 0 bridgehead atoms. The first kappa shape index (κ1) is 22.8. The summed E-state index contributed by atoms with van der Waals surface area (Å²) < 4.78 is 0. The minimum Gasteiger partial charge on any atom is -0.349 e. The fourth-order valence-electron chi connectivity index (χ4n) is 4.37. The van der Waals surface area contributed by atoms with E-state index < -0.39 is 0 Å². The third-order valence-electron chi connectivity index (χ3n) is 6.08. The molecule has 1 aliphatic carbocycles. The number of likely N-dealkylation sites (tertiary alicyclic amines) is 1. The lowest BCUT2D eigenvalue weighted by molar-refractivity contribution is -0.111. The molecule has 4 rings (SSSR count). The second-order valence-electron chi connectivity index (χ2n) is 9.39. The van der Waals surface area contributed by atoms with E-state index in [0.29, 0.717) is 34.7 Å². The zero-order chi connectivity index (χ0) is 23.4. The van der Waals surface area contributed by atoms with E-state index in [0.717, 1.165) is 37.9 Å². The van der Waals surface area contributed by atoms with Crippen molar-refractivity contribution >= 4 is 29.5 Å². The average Bonchev–Trinajstić information content (AvgIpc) is 3.61. The van der Waals surface area contributed by atoms with Crippen LogP contribution >= 0.6 is 0 Å². The van der Waals surface area contributed by atoms with Gasteiger partial charge in [0.25, 0.3) is 11.8 Å². The predicted octanol–water partition coefficient (Wildman–Crippen LogP) is 4.35. The Morgan fingerprint density at radius 3 is 2.27 bits per heavy atom. The van der Waals surface area contributed by atoms with Crippen LogP contribution < -0.4 is 10.6 Å². The first-order valence-electron chi connectivity index (χ1n) is 11.7. The number of carbonyl (C=O) groups excluding carboxylic acids is 3. The molecule has 1 aliphatic heterocycles. The van der Waals surface area contributed by atoms with E-state index in [4.69, 9.17) is 0 Å². The van der Waals surface area contributed by atoms with Crippen molar-refractivity contribution < 1.29 is 14.4 Å². The van der Waals surface area contributed by atoms with Gasteiger partial charge in [-0.15, -0.1) is 0 Å². The van der Waals surface area contributed by atoms with E-state index in [2.05, 4.69) is 24.5 Å². The van der Waals surface area contributed by atoms with Crippen molar-refractivity contribution in [2.45, 2.75) is 39.2 Å². The molecule has 2 atom stereocenters. The van der Waals surface area contributed by atoms with Gasteiger partial charge >= 0.3 is 0 Å². The molecule has 2 fully saturated rings. The second kappa shape index (κ2) is 10.0. The number of benzene rings is 2. The SMILES string of the molecule is CC1CC(C)CN(C(=O)c2ccccc2NC(=O)/C=C/c2ccc(C(=O)NC3CC3)cc2)C1. The van der Waals surface area contributed by atoms with Gasteiger partial charge in [-0.2, -0.15) is 0 Å². The smallest absolute Gasteiger partial charge is 0.255 e. The van der Waals surface area contributed by atoms with Crippen molar-refractivity contribution in [2.24, 2.45) is 11.8 Å². The highest BCUT2D eigenvalue weighted by Gasteiger charge is 2.27. The minimum atomic E-state index is -0.314. The van der Waals surface area contributed by atoms with Gasteiger partial charge in [-0.25, -0.2) is 0 Å². The summed E-state index contributed by atoms with van der Waals surface area (Å²) in [4.78, 5) is 39.7. The summed E-state index contributed by atoms with van der Waals surface area (Å²) in [6.07, 6.45) is 6.35. The summed E-state index contributed by atoms with van der Waals surface area (Å²) in [6.45, 7) is 5.81. The number of carbonyl (C=O) groups is 3. The van der Waals surface area contributed by atoms with E-state index >= 15 is 0 Å². The van der Waals surface area contributed by atoms with Crippen molar-refractivity contribution in [3.05, 3.63) is 71.3 Å². The van der Waals surface area contributed by atoms with E-state index in [1.165, 1.54) is 6.08 Å². The van der Waals surface area contributed by atoms with Gasteiger partial charge in [0, 0.05) is 30.8 Å². The number of amides is 3. The molecule has 0 aromatic heterocycles. The molecule has 6 heteroatoms. The lowest BCUT2D eigenvalue weighted by atomic mass is 9.91. The van der Waals surface area contributed by atoms with E-state index in [9.17, 15) is 14.4 Å². The molecule has 1 heterocycles. The number of para-hydroxylation sites is 1. The molecule has 2 N–H and O–H groups in total. The molecule has 2 aromatic carbocycles. The van der Waals surface area contributed by atoms with Crippen LogP contribution in [0.25, 0.3) is 6.08 Å². The Morgan fingerprint density at radius 2 is 1.61 bits per heavy atom. The van der Waals surface area contributed by atoms with Crippen LogP contribution in [0.3, 0.4) is 0 Å². The highest BCUT2D eigenvalue weighted by molar-refractivity contribution is 6.07. The Bertz CT molecular complexity index is 1050. The Balaban J connectivity index is 1.39. The summed E-state index contributed by atoms with van der Waals surface area (Å²) >= 11 is 0. The van der Waals surface area contributed by atoms with E-state index in [-0.39, 0.29) is 17.7 Å². The molecule has 0 radical (unpaired) electrons. The second-order valence-corrected chi connectivity index (χ2v) is 9.39. The summed E-state index contributed by atoms with van der Waals surface area (Å²) in [7, 11) is 0. The molecule has 33 heavy (non-hydrogen) atoms. The average molecular weight is 446 g/mol. The third-order valence-corrected chi connectivity index (χ3v) is 6.08. The molecule has 1 saturated carbocycles. The van der Waals surface area contributed by atoms with Crippen molar-refractivity contribution in [1.82, 2.24) is 10.2 Å². The van der Waals surface area contributed by atoms with Gasteiger partial charge < -0.3 is 15.5 Å². The quantitative estimate of drug-likeness (QED) is 0.649. The lowest BCUT2D eigenvalue weighted by Crippen LogP contribution is -2.42. The summed E-state index contributed by atoms with van der Waals surface area (Å²) in [5.74, 6) is 0.506. The van der Waals surface area contributed by atoms with Gasteiger partial charge in [0.1, 0.15) is 0 Å². The summed E-state index contributed by atoms with van der Waals surface area (Å²) in [6, 6.07) is 14.6. The van der Waals surface area contributed by atoms with Crippen molar-refractivity contribution in [1.29, 1.82) is 0 Å². The first-order valence-corrected chi connectivity index (χ1v) is 11.7. The molecule has 6 nitrogen and oxygen atoms in total. The maximum absolute atomic E-state index is 13.2. The maximum Gasteiger partial charge on any atom is 0.255 e. The number of rotatable bonds is 6. The Kier molecular flexibility index (Phi) is 6.92. The third kappa shape index (κ3) is 6.09. The predicted molar refractivity (Wildman–Crippen MR) is 130 cm³/mol. The number of nitrogens with zero attached hydrogens (tertiary/aromatic N) is 1. The summed E-state index contributed by atoms with van der Waals surface area (Å²) in [5.41, 5.74) is 2.44. The Labute approximate surface area is 195 Å². The molecule has 2 aromatic rings. The monoisotopic (exact) mass is 445 g/mol. The van der Waals surface area contributed by atoms with Gasteiger partial charge in [0.05, 0.1) is 11.3 Å². The normalized spacial score (nSPS) is 20.5. The zero-order valence-electron chi connectivity index (χ0n) is 19.2. The zero-order valence-corrected chi connectivity index (χ0v) is 19.2. The molecular formula is C27H31N3O3. The fourth-order valence-corrected chi connectivity index (χ4v) is 4.37. The standard InChI is InChI=1S/C27H31N3O3/c1-18-15-19(2)17-30(16-18)27(33)23-5-3-4-6-24(23)29-25(31)14-9-20-7-10-21(11-8-20)26(32)28-22-12-13-22/h3-11,14,18-19,22H,12-13,15-17H2,1-2H3,(H,28,32)(H,29,31)/b14-9+. The van der Waals surface area contributed by atoms with Crippen LogP contribution in [0.4, 0.5) is 5.69 Å². The van der Waals surface area contributed by atoms with Crippen LogP contribution in [-0.4, -0.2) is 41.8 Å². The van der Waals surface area contributed by atoms with Gasteiger partial charge in [0.2, 0.25) is 5.91 Å². The highest BCUT2D eigenvalue weighted by Crippen LogP contribution is 2.25. The van der Waals surface area contributed by atoms with Crippen molar-refractivity contribution in [3.8, 4) is 0 Å². The Hall–Kier alpha value is -3.41. The summed E-state index contributed by atoms with van der Waals surface area (Å²) in [5, 5.41) is 5.80. The van der Waals surface area contributed by atoms with Gasteiger partial charge in [-0.3, -0.25) is 14.4 Å². The molecular weight excluding hydrogens is 414 g/mol. The molecule has 172 valence electrons. The van der Waals surface area contributed by atoms with Gasteiger partial charge in [0.15, 0.2) is 0 Å². The number of hydrogen-bond acceptors (Lipinski definition) is 3. The first-order chi connectivity index (χ1) is 15.9. The maximum atomic E-state index is 13.2. The van der Waals surface area contributed by atoms with Crippen LogP contribution in [0.15, 0.2) is 54.6 Å². The van der Waals surface area contributed by atoms with Crippen LogP contribution in [0.5, 0.6) is 0 Å². The van der Waals surface area contributed by atoms with E-state index in [1.807, 2.05) is 29.2 Å². The highest BCUT2D eigenvalue weighted by atomic mass is 16.2. The fraction of sp³-hybridized carbons (Fsp3) is 0.370. The molecule has 2 unspecified atom stereocenters. The number of hydrogen-bond donors (Lipinski definition) is 2. The molecule has 1 saturated heterocycles. The molecule has 2 aliphatic rings. The molecule has 0 spiro atoms. The van der Waals surface area contributed by atoms with Crippen LogP contribution in [0.1, 0.15) is 59.4 Å². The topological polar surface area (TPSA) is 78.5 Å². The number of piperidine rings is 1. The van der Waals surface area contributed by atoms with Crippen molar-refractivity contribution in [2.75, 3.05) is 18.4 Å². The molecule has 3 amide bonds. The number of nitrogens with one attached hydrogen (secondary N) is 2. The van der Waals surface area contributed by atoms with E-state index in [1.54, 1.807) is 30.3 Å². The Morgan fingerprint density at radius 1 is 0.939 bits per heavy atom. The largest absolute Gasteiger partial charge is 0.349 e. The van der Waals surface area contributed by atoms with Gasteiger partial charge in [-0.05, 0) is 67.0 Å². The lowest BCUT2D eigenvalue weighted by Gasteiger charge is -2.35. The number of anilines is 1. The minimum absolute atomic E-state index is 0.0478. The van der Waals surface area contributed by atoms with Crippen LogP contribution in [-0.2, 0) is 4.79 Å². The van der Waals surface area contributed by atoms with Crippen molar-refractivity contribution in [3.63, 3.8) is 0 Å². The van der Waals surface area contributed by atoms with Gasteiger partial charge in [-0.1, -0.05) is 38.1 Å². The van der Waals surface area contributed by atoms with Crippen LogP contribution in [0.2, 0.25) is 0 Å². The van der Waals surface area contributed by atoms with Crippen LogP contribution in [0, 0.1) is 11.8 Å².